The summed E-state index contributed by atoms with van der Waals surface area (Å²) >= 11 is 0. The molecule has 29 heavy (non-hydrogen) atoms. The zero-order chi connectivity index (χ0) is 21.8. The fourth-order valence-corrected chi connectivity index (χ4v) is 3.61. The number of nitro benzene ring substituents is 1. The first-order valence-electron chi connectivity index (χ1n) is 9.78. The molecule has 1 aromatic carbocycles. The number of ether oxygens (including phenoxy) is 1. The number of nitrogens with zero attached hydrogens (tertiary/aromatic N) is 2. The van der Waals surface area contributed by atoms with Gasteiger partial charge < -0.3 is 15.8 Å². The molecule has 3 N–H and O–H groups in total. The number of alkyl carbamates (subject to hydrolysis) is 1. The van der Waals surface area contributed by atoms with E-state index in [1.54, 1.807) is 26.8 Å². The molecule has 1 aromatic rings. The van der Waals surface area contributed by atoms with Crippen LogP contribution in [0.3, 0.4) is 0 Å². The number of nitrogens with two attached hydrogens (primary N) is 1. The van der Waals surface area contributed by atoms with Gasteiger partial charge in [-0.25, -0.2) is 4.79 Å². The zero-order valence-corrected chi connectivity index (χ0v) is 17.4. The number of rotatable bonds is 6. The highest BCUT2D eigenvalue weighted by atomic mass is 16.6. The van der Waals surface area contributed by atoms with Crippen LogP contribution in [0.2, 0.25) is 0 Å². The van der Waals surface area contributed by atoms with Gasteiger partial charge in [0.1, 0.15) is 5.60 Å². The summed E-state index contributed by atoms with van der Waals surface area (Å²) in [5.74, 6) is -0.703. The molecule has 0 spiro atoms. The Kier molecular flexibility index (Phi) is 7.18. The number of nitro groups is 1. The Morgan fingerprint density at radius 3 is 2.66 bits per heavy atom. The van der Waals surface area contributed by atoms with Crippen molar-refractivity contribution in [1.82, 2.24) is 10.2 Å². The Morgan fingerprint density at radius 2 is 2.07 bits per heavy atom. The van der Waals surface area contributed by atoms with E-state index in [0.29, 0.717) is 12.1 Å². The molecule has 0 radical (unpaired) electrons. The SMILES string of the molecule is C[C@H](NC(=O)OC(C)(C)C)[C@@H]1CCCCN1Cc1ccc(C(N)=O)cc1[N+](=O)[O-]. The smallest absolute Gasteiger partial charge is 0.407 e. The van der Waals surface area contributed by atoms with E-state index in [2.05, 4.69) is 10.2 Å². The van der Waals surface area contributed by atoms with Gasteiger partial charge >= 0.3 is 6.09 Å². The van der Waals surface area contributed by atoms with Gasteiger partial charge in [-0.1, -0.05) is 12.5 Å². The van der Waals surface area contributed by atoms with Crippen LogP contribution in [-0.4, -0.2) is 46.1 Å². The fourth-order valence-electron chi connectivity index (χ4n) is 3.61. The van der Waals surface area contributed by atoms with Crippen LogP contribution in [0.5, 0.6) is 0 Å². The number of carbonyl (C=O) groups excluding carboxylic acids is 2. The molecular weight excluding hydrogens is 376 g/mol. The van der Waals surface area contributed by atoms with E-state index in [0.717, 1.165) is 25.8 Å². The van der Waals surface area contributed by atoms with Crippen molar-refractivity contribution in [2.24, 2.45) is 5.73 Å². The van der Waals surface area contributed by atoms with Crippen LogP contribution >= 0.6 is 0 Å². The fraction of sp³-hybridized carbons (Fsp3) is 0.600. The summed E-state index contributed by atoms with van der Waals surface area (Å²) in [5, 5.41) is 14.4. The third kappa shape index (κ3) is 6.42. The number of amides is 2. The predicted molar refractivity (Wildman–Crippen MR) is 108 cm³/mol. The van der Waals surface area contributed by atoms with E-state index in [1.807, 2.05) is 6.92 Å². The van der Waals surface area contributed by atoms with Gasteiger partial charge in [0, 0.05) is 35.8 Å². The molecule has 2 atom stereocenters. The van der Waals surface area contributed by atoms with Gasteiger partial charge in [0.15, 0.2) is 0 Å². The summed E-state index contributed by atoms with van der Waals surface area (Å²) in [6.45, 7) is 8.44. The quantitative estimate of drug-likeness (QED) is 0.552. The minimum Gasteiger partial charge on any atom is -0.444 e. The standard InChI is InChI=1S/C20H30N4O5/c1-13(22-19(26)29-20(2,3)4)16-7-5-6-10-23(16)12-15-9-8-14(18(21)25)11-17(15)24(27)28/h8-9,11,13,16H,5-7,10,12H2,1-4H3,(H2,21,25)(H,22,26)/t13-,16-/m0/s1. The number of likely N-dealkylation sites (tertiary alicyclic amines) is 1. The number of hydrogen-bond acceptors (Lipinski definition) is 6. The lowest BCUT2D eigenvalue weighted by atomic mass is 9.95. The van der Waals surface area contributed by atoms with Crippen molar-refractivity contribution in [3.05, 3.63) is 39.4 Å². The Balaban J connectivity index is 2.16. The van der Waals surface area contributed by atoms with Crippen molar-refractivity contribution >= 4 is 17.7 Å². The Bertz CT molecular complexity index is 775. The van der Waals surface area contributed by atoms with Crippen molar-refractivity contribution in [2.75, 3.05) is 6.54 Å². The van der Waals surface area contributed by atoms with Crippen LogP contribution in [-0.2, 0) is 11.3 Å². The zero-order valence-electron chi connectivity index (χ0n) is 17.4. The van der Waals surface area contributed by atoms with Crippen molar-refractivity contribution in [3.8, 4) is 0 Å². The normalized spacial score (nSPS) is 18.7. The van der Waals surface area contributed by atoms with Gasteiger partial charge in [0.2, 0.25) is 5.91 Å². The Morgan fingerprint density at radius 1 is 1.38 bits per heavy atom. The molecule has 0 aliphatic carbocycles. The van der Waals surface area contributed by atoms with Crippen molar-refractivity contribution in [3.63, 3.8) is 0 Å². The van der Waals surface area contributed by atoms with Crippen molar-refractivity contribution in [2.45, 2.75) is 71.2 Å². The lowest BCUT2D eigenvalue weighted by Crippen LogP contribution is -2.52. The first-order valence-corrected chi connectivity index (χ1v) is 9.78. The molecule has 0 aromatic heterocycles. The van der Waals surface area contributed by atoms with Gasteiger partial charge in [-0.3, -0.25) is 19.8 Å². The van der Waals surface area contributed by atoms with E-state index in [4.69, 9.17) is 10.5 Å². The van der Waals surface area contributed by atoms with Crippen LogP contribution in [0.4, 0.5) is 10.5 Å². The number of piperidine rings is 1. The second-order valence-electron chi connectivity index (χ2n) is 8.43. The summed E-state index contributed by atoms with van der Waals surface area (Å²) in [6.07, 6.45) is 2.38. The molecule has 9 nitrogen and oxygen atoms in total. The second-order valence-corrected chi connectivity index (χ2v) is 8.43. The highest BCUT2D eigenvalue weighted by Crippen LogP contribution is 2.27. The molecule has 0 unspecified atom stereocenters. The van der Waals surface area contributed by atoms with Gasteiger partial charge in [-0.2, -0.15) is 0 Å². The van der Waals surface area contributed by atoms with E-state index >= 15 is 0 Å². The largest absolute Gasteiger partial charge is 0.444 e. The Labute approximate surface area is 170 Å². The summed E-state index contributed by atoms with van der Waals surface area (Å²) in [4.78, 5) is 36.6. The maximum absolute atomic E-state index is 12.1. The van der Waals surface area contributed by atoms with Crippen molar-refractivity contribution < 1.29 is 19.2 Å². The molecule has 2 rings (SSSR count). The van der Waals surface area contributed by atoms with E-state index in [-0.39, 0.29) is 23.3 Å². The molecule has 1 aliphatic heterocycles. The molecule has 1 aliphatic rings. The first-order chi connectivity index (χ1) is 13.5. The third-order valence-electron chi connectivity index (χ3n) is 4.93. The number of hydrogen-bond donors (Lipinski definition) is 2. The van der Waals surface area contributed by atoms with Gasteiger partial charge in [-0.15, -0.1) is 0 Å². The molecule has 0 saturated carbocycles. The molecule has 2 amide bonds. The summed E-state index contributed by atoms with van der Waals surface area (Å²) in [6, 6.07) is 4.14. The van der Waals surface area contributed by atoms with E-state index in [9.17, 15) is 19.7 Å². The summed E-state index contributed by atoms with van der Waals surface area (Å²) < 4.78 is 5.34. The van der Waals surface area contributed by atoms with Gasteiger partial charge in [0.05, 0.1) is 4.92 Å². The van der Waals surface area contributed by atoms with Crippen LogP contribution in [0.25, 0.3) is 0 Å². The van der Waals surface area contributed by atoms with Crippen LogP contribution in [0, 0.1) is 10.1 Å². The summed E-state index contributed by atoms with van der Waals surface area (Å²) in [7, 11) is 0. The molecule has 1 heterocycles. The van der Waals surface area contributed by atoms with Crippen LogP contribution < -0.4 is 11.1 Å². The highest BCUT2D eigenvalue weighted by Gasteiger charge is 2.31. The maximum Gasteiger partial charge on any atom is 0.407 e. The van der Waals surface area contributed by atoms with Gasteiger partial charge in [-0.05, 0) is 53.1 Å². The lowest BCUT2D eigenvalue weighted by Gasteiger charge is -2.39. The first kappa shape index (κ1) is 22.6. The molecule has 0 bridgehead atoms. The molecule has 160 valence electrons. The van der Waals surface area contributed by atoms with Crippen molar-refractivity contribution in [1.29, 1.82) is 0 Å². The Hall–Kier alpha value is -2.68. The maximum atomic E-state index is 12.1. The molecule has 1 saturated heterocycles. The minimum atomic E-state index is -0.703. The van der Waals surface area contributed by atoms with Crippen LogP contribution in [0.15, 0.2) is 18.2 Å². The minimum absolute atomic E-state index is 0.0201. The second kappa shape index (κ2) is 9.21. The summed E-state index contributed by atoms with van der Waals surface area (Å²) in [5.41, 5.74) is 5.15. The highest BCUT2D eigenvalue weighted by molar-refractivity contribution is 5.93. The van der Waals surface area contributed by atoms with E-state index in [1.165, 1.54) is 12.1 Å². The average molecular weight is 406 g/mol. The topological polar surface area (TPSA) is 128 Å². The third-order valence-corrected chi connectivity index (χ3v) is 4.93. The number of primary amides is 1. The number of carbonyl (C=O) groups is 2. The lowest BCUT2D eigenvalue weighted by molar-refractivity contribution is -0.385. The number of benzene rings is 1. The average Bonchev–Trinajstić information content (AvgIpc) is 2.60. The van der Waals surface area contributed by atoms with Gasteiger partial charge in [0.25, 0.3) is 5.69 Å². The molecule has 1 fully saturated rings. The number of nitrogens with one attached hydrogen (secondary N) is 1. The monoisotopic (exact) mass is 406 g/mol. The molecular formula is C20H30N4O5. The van der Waals surface area contributed by atoms with E-state index < -0.39 is 22.5 Å². The molecule has 9 heteroatoms. The van der Waals surface area contributed by atoms with Crippen LogP contribution in [0.1, 0.15) is 62.9 Å². The predicted octanol–water partition coefficient (Wildman–Crippen LogP) is 2.96.